The molecule has 3 aromatic carbocycles. The molecule has 32 heavy (non-hydrogen) atoms. The SMILES string of the molecule is Cc1cc(C)c(S(=O)(=O)N[C@H](Cc2ccccc2)C(=O)Nc2cc(F)ccc2C)c(C)c1. The highest BCUT2D eigenvalue weighted by molar-refractivity contribution is 7.89. The van der Waals surface area contributed by atoms with Crippen LogP contribution in [0.2, 0.25) is 0 Å². The van der Waals surface area contributed by atoms with Crippen molar-refractivity contribution >= 4 is 21.6 Å². The van der Waals surface area contributed by atoms with E-state index in [1.54, 1.807) is 39.0 Å². The number of anilines is 1. The Labute approximate surface area is 188 Å². The van der Waals surface area contributed by atoms with E-state index in [4.69, 9.17) is 0 Å². The van der Waals surface area contributed by atoms with Crippen molar-refractivity contribution in [3.63, 3.8) is 0 Å². The van der Waals surface area contributed by atoms with Crippen molar-refractivity contribution in [1.29, 1.82) is 0 Å². The number of hydrogen-bond donors (Lipinski definition) is 2. The van der Waals surface area contributed by atoms with Crippen LogP contribution in [0.25, 0.3) is 0 Å². The molecule has 3 rings (SSSR count). The van der Waals surface area contributed by atoms with Crippen LogP contribution in [0.15, 0.2) is 65.6 Å². The molecular formula is C25H27FN2O3S. The normalized spacial score (nSPS) is 12.4. The summed E-state index contributed by atoms with van der Waals surface area (Å²) in [6, 6.07) is 15.7. The highest BCUT2D eigenvalue weighted by atomic mass is 32.2. The molecule has 0 heterocycles. The van der Waals surface area contributed by atoms with Gasteiger partial charge in [0.1, 0.15) is 11.9 Å². The Balaban J connectivity index is 1.96. The first-order valence-electron chi connectivity index (χ1n) is 10.3. The number of carbonyl (C=O) groups excluding carboxylic acids is 1. The zero-order chi connectivity index (χ0) is 23.5. The molecule has 0 spiro atoms. The molecule has 1 atom stereocenters. The first-order chi connectivity index (χ1) is 15.1. The minimum atomic E-state index is -4.00. The average molecular weight is 455 g/mol. The molecule has 5 nitrogen and oxygen atoms in total. The van der Waals surface area contributed by atoms with E-state index in [0.29, 0.717) is 22.4 Å². The first kappa shape index (κ1) is 23.6. The highest BCUT2D eigenvalue weighted by Crippen LogP contribution is 2.23. The molecule has 0 aromatic heterocycles. The van der Waals surface area contributed by atoms with Gasteiger partial charge in [-0.05, 0) is 68.5 Å². The Morgan fingerprint density at radius 1 is 0.906 bits per heavy atom. The standard InChI is InChI=1S/C25H27FN2O3S/c1-16-12-18(3)24(19(4)13-16)32(30,31)28-23(14-20-8-6-5-7-9-20)25(29)27-22-15-21(26)11-10-17(22)2/h5-13,15,23,28H,14H2,1-4H3,(H,27,29)/t23-/m1/s1. The number of amides is 1. The van der Waals surface area contributed by atoms with E-state index in [1.807, 2.05) is 37.3 Å². The van der Waals surface area contributed by atoms with E-state index in [0.717, 1.165) is 11.1 Å². The number of benzene rings is 3. The molecule has 0 unspecified atom stereocenters. The second kappa shape index (κ2) is 9.63. The lowest BCUT2D eigenvalue weighted by atomic mass is 10.1. The summed E-state index contributed by atoms with van der Waals surface area (Å²) in [7, 11) is -4.00. The molecule has 0 aliphatic carbocycles. The van der Waals surface area contributed by atoms with Crippen LogP contribution in [-0.4, -0.2) is 20.4 Å². The summed E-state index contributed by atoms with van der Waals surface area (Å²) in [4.78, 5) is 13.3. The molecule has 2 N–H and O–H groups in total. The molecule has 168 valence electrons. The number of nitrogens with one attached hydrogen (secondary N) is 2. The Morgan fingerprint density at radius 3 is 2.16 bits per heavy atom. The zero-order valence-corrected chi connectivity index (χ0v) is 19.4. The van der Waals surface area contributed by atoms with Crippen LogP contribution in [0.3, 0.4) is 0 Å². The monoisotopic (exact) mass is 454 g/mol. The molecule has 1 amide bonds. The van der Waals surface area contributed by atoms with Gasteiger partial charge in [-0.15, -0.1) is 0 Å². The van der Waals surface area contributed by atoms with Crippen molar-refractivity contribution in [3.8, 4) is 0 Å². The fourth-order valence-electron chi connectivity index (χ4n) is 3.82. The van der Waals surface area contributed by atoms with Gasteiger partial charge in [-0.3, -0.25) is 4.79 Å². The van der Waals surface area contributed by atoms with E-state index in [2.05, 4.69) is 10.0 Å². The van der Waals surface area contributed by atoms with Crippen molar-refractivity contribution in [1.82, 2.24) is 4.72 Å². The molecule has 0 aliphatic rings. The van der Waals surface area contributed by atoms with E-state index >= 15 is 0 Å². The van der Waals surface area contributed by atoms with Crippen LogP contribution in [0.5, 0.6) is 0 Å². The summed E-state index contributed by atoms with van der Waals surface area (Å²) in [5, 5.41) is 2.68. The van der Waals surface area contributed by atoms with E-state index in [9.17, 15) is 17.6 Å². The molecule has 3 aromatic rings. The maximum absolute atomic E-state index is 13.7. The van der Waals surface area contributed by atoms with E-state index < -0.39 is 27.8 Å². The van der Waals surface area contributed by atoms with Gasteiger partial charge in [0.2, 0.25) is 15.9 Å². The van der Waals surface area contributed by atoms with Crippen LogP contribution in [0, 0.1) is 33.5 Å². The van der Waals surface area contributed by atoms with Crippen LogP contribution in [-0.2, 0) is 21.2 Å². The number of rotatable bonds is 7. The number of aryl methyl sites for hydroxylation is 4. The zero-order valence-electron chi connectivity index (χ0n) is 18.6. The third kappa shape index (κ3) is 5.60. The third-order valence-electron chi connectivity index (χ3n) is 5.23. The summed E-state index contributed by atoms with van der Waals surface area (Å²) in [6.45, 7) is 7.11. The predicted molar refractivity (Wildman–Crippen MR) is 125 cm³/mol. The van der Waals surface area contributed by atoms with Crippen molar-refractivity contribution in [2.45, 2.75) is 45.1 Å². The second-order valence-corrected chi connectivity index (χ2v) is 9.69. The first-order valence-corrected chi connectivity index (χ1v) is 11.8. The highest BCUT2D eigenvalue weighted by Gasteiger charge is 2.28. The van der Waals surface area contributed by atoms with Gasteiger partial charge >= 0.3 is 0 Å². The van der Waals surface area contributed by atoms with Gasteiger partial charge in [-0.2, -0.15) is 4.72 Å². The Morgan fingerprint density at radius 2 is 1.53 bits per heavy atom. The fraction of sp³-hybridized carbons (Fsp3) is 0.240. The van der Waals surface area contributed by atoms with Gasteiger partial charge in [0.25, 0.3) is 0 Å². The van der Waals surface area contributed by atoms with Gasteiger partial charge in [0, 0.05) is 5.69 Å². The molecule has 0 aliphatic heterocycles. The minimum Gasteiger partial charge on any atom is -0.324 e. The summed E-state index contributed by atoms with van der Waals surface area (Å²) in [6.07, 6.45) is 0.143. The largest absolute Gasteiger partial charge is 0.324 e. The molecule has 0 saturated heterocycles. The lowest BCUT2D eigenvalue weighted by Gasteiger charge is -2.21. The Kier molecular flexibility index (Phi) is 7.11. The van der Waals surface area contributed by atoms with Crippen LogP contribution in [0.1, 0.15) is 27.8 Å². The van der Waals surface area contributed by atoms with E-state index in [1.165, 1.54) is 12.1 Å². The van der Waals surface area contributed by atoms with E-state index in [-0.39, 0.29) is 11.3 Å². The van der Waals surface area contributed by atoms with Crippen LogP contribution in [0.4, 0.5) is 10.1 Å². The van der Waals surface area contributed by atoms with Gasteiger partial charge in [0.05, 0.1) is 4.90 Å². The van der Waals surface area contributed by atoms with Crippen LogP contribution < -0.4 is 10.0 Å². The summed E-state index contributed by atoms with van der Waals surface area (Å²) >= 11 is 0. The topological polar surface area (TPSA) is 75.3 Å². The quantitative estimate of drug-likeness (QED) is 0.548. The summed E-state index contributed by atoms with van der Waals surface area (Å²) in [5.41, 5.74) is 3.94. The van der Waals surface area contributed by atoms with Gasteiger partial charge in [-0.1, -0.05) is 54.1 Å². The maximum Gasteiger partial charge on any atom is 0.242 e. The molecule has 7 heteroatoms. The Bertz CT molecular complexity index is 1220. The van der Waals surface area contributed by atoms with Crippen molar-refractivity contribution in [2.75, 3.05) is 5.32 Å². The summed E-state index contributed by atoms with van der Waals surface area (Å²) in [5.74, 6) is -1.05. The maximum atomic E-state index is 13.7. The number of sulfonamides is 1. The third-order valence-corrected chi connectivity index (χ3v) is 7.00. The predicted octanol–water partition coefficient (Wildman–Crippen LogP) is 4.59. The van der Waals surface area contributed by atoms with Gasteiger partial charge < -0.3 is 5.32 Å². The average Bonchev–Trinajstić information content (AvgIpc) is 2.69. The number of carbonyl (C=O) groups is 1. The fourth-order valence-corrected chi connectivity index (χ4v) is 5.47. The molecule has 0 bridgehead atoms. The molecule has 0 radical (unpaired) electrons. The molecular weight excluding hydrogens is 427 g/mol. The second-order valence-electron chi connectivity index (χ2n) is 8.04. The Hall–Kier alpha value is -3.03. The van der Waals surface area contributed by atoms with Gasteiger partial charge in [0.15, 0.2) is 0 Å². The van der Waals surface area contributed by atoms with Gasteiger partial charge in [-0.25, -0.2) is 12.8 Å². The van der Waals surface area contributed by atoms with Crippen LogP contribution >= 0.6 is 0 Å². The van der Waals surface area contributed by atoms with Crippen molar-refractivity contribution < 1.29 is 17.6 Å². The summed E-state index contributed by atoms with van der Waals surface area (Å²) < 4.78 is 42.9. The lowest BCUT2D eigenvalue weighted by Crippen LogP contribution is -2.45. The minimum absolute atomic E-state index is 0.143. The van der Waals surface area contributed by atoms with Crippen molar-refractivity contribution in [2.24, 2.45) is 0 Å². The molecule has 0 fully saturated rings. The van der Waals surface area contributed by atoms with Crippen molar-refractivity contribution in [3.05, 3.63) is 94.3 Å². The number of hydrogen-bond acceptors (Lipinski definition) is 3. The lowest BCUT2D eigenvalue weighted by molar-refractivity contribution is -0.117. The smallest absolute Gasteiger partial charge is 0.242 e. The number of halogens is 1. The molecule has 0 saturated carbocycles.